The van der Waals surface area contributed by atoms with Crippen LogP contribution < -0.4 is 0 Å². The standard InChI is InChI=1S/C13H24O5/c1-4-11(15)12(17-9-7-14)6-5-8-18-13(16)10(2)3/h11-12,14-15H,2,4-9H2,1,3H3. The number of hydrogen-bond acceptors (Lipinski definition) is 5. The summed E-state index contributed by atoms with van der Waals surface area (Å²) in [5.74, 6) is -0.404. The molecule has 0 fully saturated rings. The van der Waals surface area contributed by atoms with Gasteiger partial charge >= 0.3 is 5.97 Å². The summed E-state index contributed by atoms with van der Waals surface area (Å²) in [6.07, 6.45) is 0.880. The summed E-state index contributed by atoms with van der Waals surface area (Å²) in [5.41, 5.74) is 0.372. The Morgan fingerprint density at radius 2 is 2.06 bits per heavy atom. The van der Waals surface area contributed by atoms with Crippen LogP contribution >= 0.6 is 0 Å². The van der Waals surface area contributed by atoms with Crippen LogP contribution in [0.4, 0.5) is 0 Å². The van der Waals surface area contributed by atoms with Crippen LogP contribution in [0.1, 0.15) is 33.1 Å². The van der Waals surface area contributed by atoms with Crippen LogP contribution in [0.25, 0.3) is 0 Å². The molecule has 5 nitrogen and oxygen atoms in total. The monoisotopic (exact) mass is 260 g/mol. The number of rotatable bonds is 10. The van der Waals surface area contributed by atoms with Crippen LogP contribution in [0.3, 0.4) is 0 Å². The van der Waals surface area contributed by atoms with Gasteiger partial charge in [-0.2, -0.15) is 0 Å². The second kappa shape index (κ2) is 10.1. The van der Waals surface area contributed by atoms with Gasteiger partial charge in [-0.3, -0.25) is 0 Å². The van der Waals surface area contributed by atoms with E-state index in [-0.39, 0.29) is 25.9 Å². The lowest BCUT2D eigenvalue weighted by molar-refractivity contribution is -0.139. The molecule has 0 aromatic heterocycles. The van der Waals surface area contributed by atoms with Crippen LogP contribution in [0, 0.1) is 0 Å². The lowest BCUT2D eigenvalue weighted by atomic mass is 10.1. The molecule has 0 heterocycles. The van der Waals surface area contributed by atoms with Crippen LogP contribution in [0.15, 0.2) is 12.2 Å². The Hall–Kier alpha value is -0.910. The van der Waals surface area contributed by atoms with E-state index in [1.165, 1.54) is 0 Å². The number of aliphatic hydroxyl groups is 2. The molecule has 0 amide bonds. The number of esters is 1. The molecule has 0 aromatic carbocycles. The van der Waals surface area contributed by atoms with Crippen molar-refractivity contribution in [2.24, 2.45) is 0 Å². The molecule has 0 saturated carbocycles. The van der Waals surface area contributed by atoms with Crippen LogP contribution in [0.2, 0.25) is 0 Å². The highest BCUT2D eigenvalue weighted by Gasteiger charge is 2.17. The second-order valence-corrected chi connectivity index (χ2v) is 4.17. The average Bonchev–Trinajstić information content (AvgIpc) is 2.36. The first-order chi connectivity index (χ1) is 8.52. The maximum atomic E-state index is 11.1. The quantitative estimate of drug-likeness (QED) is 0.348. The van der Waals surface area contributed by atoms with Gasteiger partial charge in [-0.05, 0) is 26.2 Å². The Morgan fingerprint density at radius 1 is 1.39 bits per heavy atom. The van der Waals surface area contributed by atoms with Crippen molar-refractivity contribution in [3.05, 3.63) is 12.2 Å². The number of aliphatic hydroxyl groups excluding tert-OH is 2. The third kappa shape index (κ3) is 7.42. The summed E-state index contributed by atoms with van der Waals surface area (Å²) in [4.78, 5) is 11.1. The van der Waals surface area contributed by atoms with Gasteiger partial charge in [-0.1, -0.05) is 13.5 Å². The minimum atomic E-state index is -0.562. The molecule has 0 aliphatic carbocycles. The first-order valence-corrected chi connectivity index (χ1v) is 6.26. The minimum absolute atomic E-state index is 0.0718. The molecule has 0 aliphatic rings. The SMILES string of the molecule is C=C(C)C(=O)OCCCC(OCCO)C(O)CC. The van der Waals surface area contributed by atoms with Crippen molar-refractivity contribution in [3.63, 3.8) is 0 Å². The number of carbonyl (C=O) groups excluding carboxylic acids is 1. The Bertz CT molecular complexity index is 252. The predicted molar refractivity (Wildman–Crippen MR) is 68.1 cm³/mol. The summed E-state index contributed by atoms with van der Waals surface area (Å²) in [7, 11) is 0. The zero-order chi connectivity index (χ0) is 14.0. The fourth-order valence-corrected chi connectivity index (χ4v) is 1.43. The maximum absolute atomic E-state index is 11.1. The summed E-state index contributed by atoms with van der Waals surface area (Å²) in [6.45, 7) is 7.35. The van der Waals surface area contributed by atoms with E-state index < -0.39 is 12.1 Å². The van der Waals surface area contributed by atoms with E-state index in [0.717, 1.165) is 0 Å². The number of hydrogen-bond donors (Lipinski definition) is 2. The van der Waals surface area contributed by atoms with Gasteiger partial charge in [0.25, 0.3) is 0 Å². The Kier molecular flexibility index (Phi) is 9.55. The molecule has 2 atom stereocenters. The minimum Gasteiger partial charge on any atom is -0.462 e. The Balaban J connectivity index is 3.88. The lowest BCUT2D eigenvalue weighted by Gasteiger charge is -2.22. The van der Waals surface area contributed by atoms with E-state index in [9.17, 15) is 9.90 Å². The molecular formula is C13H24O5. The van der Waals surface area contributed by atoms with E-state index in [4.69, 9.17) is 14.6 Å². The molecule has 0 spiro atoms. The smallest absolute Gasteiger partial charge is 0.333 e. The molecule has 0 bridgehead atoms. The molecule has 2 unspecified atom stereocenters. The number of carbonyl (C=O) groups is 1. The Labute approximate surface area is 108 Å². The van der Waals surface area contributed by atoms with E-state index in [0.29, 0.717) is 24.8 Å². The van der Waals surface area contributed by atoms with Gasteiger partial charge in [0, 0.05) is 5.57 Å². The van der Waals surface area contributed by atoms with Gasteiger partial charge in [0.1, 0.15) is 0 Å². The first kappa shape index (κ1) is 17.1. The molecule has 106 valence electrons. The van der Waals surface area contributed by atoms with Gasteiger partial charge < -0.3 is 19.7 Å². The summed E-state index contributed by atoms with van der Waals surface area (Å²) < 4.78 is 10.3. The van der Waals surface area contributed by atoms with Gasteiger partial charge in [0.05, 0.1) is 32.0 Å². The molecule has 0 rings (SSSR count). The summed E-state index contributed by atoms with van der Waals surface area (Å²) in [6, 6.07) is 0. The maximum Gasteiger partial charge on any atom is 0.333 e. The summed E-state index contributed by atoms with van der Waals surface area (Å²) in [5, 5.41) is 18.4. The van der Waals surface area contributed by atoms with E-state index in [2.05, 4.69) is 6.58 Å². The lowest BCUT2D eigenvalue weighted by Crippen LogP contribution is -2.30. The van der Waals surface area contributed by atoms with Crippen molar-refractivity contribution in [3.8, 4) is 0 Å². The third-order valence-corrected chi connectivity index (χ3v) is 2.49. The molecule has 0 radical (unpaired) electrons. The highest BCUT2D eigenvalue weighted by Crippen LogP contribution is 2.11. The molecule has 5 heteroatoms. The molecule has 0 saturated heterocycles. The summed E-state index contributed by atoms with van der Waals surface area (Å²) >= 11 is 0. The van der Waals surface area contributed by atoms with Crippen molar-refractivity contribution in [2.75, 3.05) is 19.8 Å². The molecule has 2 N–H and O–H groups in total. The van der Waals surface area contributed by atoms with Crippen LogP contribution in [0.5, 0.6) is 0 Å². The molecule has 18 heavy (non-hydrogen) atoms. The van der Waals surface area contributed by atoms with E-state index >= 15 is 0 Å². The van der Waals surface area contributed by atoms with E-state index in [1.54, 1.807) is 6.92 Å². The fraction of sp³-hybridized carbons (Fsp3) is 0.769. The average molecular weight is 260 g/mol. The zero-order valence-corrected chi connectivity index (χ0v) is 11.2. The molecule has 0 aromatic rings. The van der Waals surface area contributed by atoms with Crippen molar-refractivity contribution in [1.29, 1.82) is 0 Å². The Morgan fingerprint density at radius 3 is 2.56 bits per heavy atom. The van der Waals surface area contributed by atoms with Crippen LogP contribution in [-0.4, -0.2) is 48.2 Å². The number of ether oxygens (including phenoxy) is 2. The topological polar surface area (TPSA) is 76.0 Å². The normalized spacial score (nSPS) is 14.0. The first-order valence-electron chi connectivity index (χ1n) is 6.26. The fourth-order valence-electron chi connectivity index (χ4n) is 1.43. The highest BCUT2D eigenvalue weighted by molar-refractivity contribution is 5.86. The largest absolute Gasteiger partial charge is 0.462 e. The highest BCUT2D eigenvalue weighted by atomic mass is 16.5. The van der Waals surface area contributed by atoms with Gasteiger partial charge in [0.2, 0.25) is 0 Å². The van der Waals surface area contributed by atoms with Crippen LogP contribution in [-0.2, 0) is 14.3 Å². The predicted octanol–water partition coefficient (Wildman–Crippen LogP) is 1.03. The molecular weight excluding hydrogens is 236 g/mol. The third-order valence-electron chi connectivity index (χ3n) is 2.49. The van der Waals surface area contributed by atoms with Crippen molar-refractivity contribution in [1.82, 2.24) is 0 Å². The van der Waals surface area contributed by atoms with Crippen molar-refractivity contribution < 1.29 is 24.5 Å². The van der Waals surface area contributed by atoms with Gasteiger partial charge in [-0.15, -0.1) is 0 Å². The van der Waals surface area contributed by atoms with Crippen molar-refractivity contribution in [2.45, 2.75) is 45.3 Å². The second-order valence-electron chi connectivity index (χ2n) is 4.17. The van der Waals surface area contributed by atoms with Crippen molar-refractivity contribution >= 4 is 5.97 Å². The molecule has 0 aliphatic heterocycles. The zero-order valence-electron chi connectivity index (χ0n) is 11.2. The van der Waals surface area contributed by atoms with Gasteiger partial charge in [-0.25, -0.2) is 4.79 Å². The van der Waals surface area contributed by atoms with E-state index in [1.807, 2.05) is 6.92 Å². The van der Waals surface area contributed by atoms with Gasteiger partial charge in [0.15, 0.2) is 0 Å².